The highest BCUT2D eigenvalue weighted by molar-refractivity contribution is 9.10. The van der Waals surface area contributed by atoms with Gasteiger partial charge in [0.1, 0.15) is 11.9 Å². The summed E-state index contributed by atoms with van der Waals surface area (Å²) in [6.45, 7) is 0. The molecule has 1 unspecified atom stereocenters. The van der Waals surface area contributed by atoms with E-state index in [0.29, 0.717) is 21.9 Å². The Morgan fingerprint density at radius 3 is 2.78 bits per heavy atom. The molecule has 18 heavy (non-hydrogen) atoms. The van der Waals surface area contributed by atoms with Crippen LogP contribution >= 0.6 is 27.5 Å². The number of hydrogen-bond donors (Lipinski definition) is 1. The fourth-order valence-corrected chi connectivity index (χ4v) is 2.38. The van der Waals surface area contributed by atoms with Crippen molar-refractivity contribution in [2.45, 2.75) is 6.10 Å². The maximum absolute atomic E-state index is 10.3. The average Bonchev–Trinajstić information content (AvgIpc) is 2.38. The van der Waals surface area contributed by atoms with Crippen molar-refractivity contribution in [2.24, 2.45) is 0 Å². The van der Waals surface area contributed by atoms with Gasteiger partial charge in [0, 0.05) is 26.8 Å². The molecule has 94 valence electrons. The zero-order valence-corrected chi connectivity index (χ0v) is 11.9. The summed E-state index contributed by atoms with van der Waals surface area (Å²) in [6.07, 6.45) is 2.35. The highest BCUT2D eigenvalue weighted by atomic mass is 79.9. The zero-order chi connectivity index (χ0) is 13.1. The number of nitrogens with zero attached hydrogens (tertiary/aromatic N) is 1. The molecule has 2 rings (SSSR count). The van der Waals surface area contributed by atoms with Gasteiger partial charge in [0.2, 0.25) is 0 Å². The van der Waals surface area contributed by atoms with E-state index in [9.17, 15) is 5.11 Å². The molecule has 2 aromatic rings. The molecule has 0 aliphatic rings. The lowest BCUT2D eigenvalue weighted by molar-refractivity contribution is 0.219. The number of ether oxygens (including phenoxy) is 1. The molecule has 1 aromatic heterocycles. The molecular formula is C13H11BrClNO2. The van der Waals surface area contributed by atoms with Crippen molar-refractivity contribution < 1.29 is 9.84 Å². The number of methoxy groups -OCH3 is 1. The Bertz CT molecular complexity index is 562. The van der Waals surface area contributed by atoms with Crippen LogP contribution in [0.15, 0.2) is 41.1 Å². The first kappa shape index (κ1) is 13.3. The Labute approximate surface area is 119 Å². The Kier molecular flexibility index (Phi) is 4.22. The molecule has 1 atom stereocenters. The molecule has 1 heterocycles. The maximum atomic E-state index is 10.3. The Hall–Kier alpha value is -1.10. The first-order valence-electron chi connectivity index (χ1n) is 5.24. The minimum Gasteiger partial charge on any atom is -0.495 e. The normalized spacial score (nSPS) is 12.2. The van der Waals surface area contributed by atoms with Gasteiger partial charge in [-0.3, -0.25) is 4.98 Å². The molecule has 1 aromatic carbocycles. The number of hydrogen-bond acceptors (Lipinski definition) is 3. The highest BCUT2D eigenvalue weighted by Gasteiger charge is 2.15. The molecule has 0 bridgehead atoms. The van der Waals surface area contributed by atoms with Gasteiger partial charge in [-0.1, -0.05) is 33.6 Å². The van der Waals surface area contributed by atoms with Gasteiger partial charge in [-0.2, -0.15) is 0 Å². The Balaban J connectivity index is 2.37. The van der Waals surface area contributed by atoms with Crippen molar-refractivity contribution in [3.05, 3.63) is 57.3 Å². The molecule has 0 amide bonds. The molecule has 0 saturated carbocycles. The van der Waals surface area contributed by atoms with Gasteiger partial charge in [-0.05, 0) is 18.2 Å². The van der Waals surface area contributed by atoms with Crippen molar-refractivity contribution in [3.63, 3.8) is 0 Å². The minimum absolute atomic E-state index is 0.500. The second kappa shape index (κ2) is 5.69. The first-order valence-corrected chi connectivity index (χ1v) is 6.41. The molecule has 0 aliphatic carbocycles. The largest absolute Gasteiger partial charge is 0.495 e. The molecule has 0 aliphatic heterocycles. The van der Waals surface area contributed by atoms with Crippen molar-refractivity contribution >= 4 is 27.5 Å². The lowest BCUT2D eigenvalue weighted by atomic mass is 10.0. The van der Waals surface area contributed by atoms with E-state index in [1.54, 1.807) is 37.7 Å². The molecule has 5 heteroatoms. The van der Waals surface area contributed by atoms with Crippen LogP contribution in [0.25, 0.3) is 0 Å². The number of pyridine rings is 1. The topological polar surface area (TPSA) is 42.4 Å². The molecule has 3 nitrogen and oxygen atoms in total. The lowest BCUT2D eigenvalue weighted by Crippen LogP contribution is -2.01. The van der Waals surface area contributed by atoms with E-state index in [0.717, 1.165) is 4.47 Å². The van der Waals surface area contributed by atoms with Gasteiger partial charge in [0.25, 0.3) is 0 Å². The van der Waals surface area contributed by atoms with Crippen LogP contribution in [0.4, 0.5) is 0 Å². The quantitative estimate of drug-likeness (QED) is 0.936. The van der Waals surface area contributed by atoms with Gasteiger partial charge in [0.05, 0.1) is 13.3 Å². The number of rotatable bonds is 3. The number of aromatic nitrogens is 1. The molecule has 0 fully saturated rings. The van der Waals surface area contributed by atoms with Crippen molar-refractivity contribution in [1.29, 1.82) is 0 Å². The van der Waals surface area contributed by atoms with Gasteiger partial charge < -0.3 is 9.84 Å². The molecule has 0 spiro atoms. The minimum atomic E-state index is -0.826. The smallest absolute Gasteiger partial charge is 0.137 e. The fraction of sp³-hybridized carbons (Fsp3) is 0.154. The summed E-state index contributed by atoms with van der Waals surface area (Å²) in [5, 5.41) is 10.8. The van der Waals surface area contributed by atoms with Crippen LogP contribution in [0, 0.1) is 0 Å². The monoisotopic (exact) mass is 327 g/mol. The van der Waals surface area contributed by atoms with Crippen molar-refractivity contribution in [1.82, 2.24) is 4.98 Å². The molecule has 0 saturated heterocycles. The summed E-state index contributed by atoms with van der Waals surface area (Å²) >= 11 is 9.43. The first-order chi connectivity index (χ1) is 8.61. The van der Waals surface area contributed by atoms with Gasteiger partial charge >= 0.3 is 0 Å². The number of benzene rings is 1. The third-order valence-corrected chi connectivity index (χ3v) is 3.36. The number of aliphatic hydroxyl groups excluding tert-OH is 1. The van der Waals surface area contributed by atoms with E-state index in [4.69, 9.17) is 16.3 Å². The van der Waals surface area contributed by atoms with Crippen LogP contribution in [-0.2, 0) is 0 Å². The van der Waals surface area contributed by atoms with Crippen molar-refractivity contribution in [2.75, 3.05) is 7.11 Å². The van der Waals surface area contributed by atoms with Crippen LogP contribution in [0.5, 0.6) is 5.75 Å². The van der Waals surface area contributed by atoms with E-state index in [1.165, 1.54) is 0 Å². The second-order valence-electron chi connectivity index (χ2n) is 3.73. The van der Waals surface area contributed by atoms with Gasteiger partial charge in [-0.25, -0.2) is 0 Å². The number of aliphatic hydroxyl groups is 1. The summed E-state index contributed by atoms with van der Waals surface area (Å²) in [4.78, 5) is 4.01. The van der Waals surface area contributed by atoms with Crippen LogP contribution < -0.4 is 4.74 Å². The van der Waals surface area contributed by atoms with E-state index >= 15 is 0 Å². The van der Waals surface area contributed by atoms with Crippen LogP contribution in [0.1, 0.15) is 17.2 Å². The summed E-state index contributed by atoms with van der Waals surface area (Å²) < 4.78 is 5.94. The predicted octanol–water partition coefficient (Wildman–Crippen LogP) is 3.59. The lowest BCUT2D eigenvalue weighted by Gasteiger charge is -2.13. The van der Waals surface area contributed by atoms with Gasteiger partial charge in [0.15, 0.2) is 0 Å². The summed E-state index contributed by atoms with van der Waals surface area (Å²) in [6, 6.07) is 7.08. The van der Waals surface area contributed by atoms with Crippen LogP contribution in [-0.4, -0.2) is 17.2 Å². The van der Waals surface area contributed by atoms with Crippen LogP contribution in [0.2, 0.25) is 5.02 Å². The zero-order valence-electron chi connectivity index (χ0n) is 9.60. The molecule has 0 radical (unpaired) electrons. The fourth-order valence-electron chi connectivity index (χ4n) is 1.60. The summed E-state index contributed by atoms with van der Waals surface area (Å²) in [7, 11) is 1.56. The summed E-state index contributed by atoms with van der Waals surface area (Å²) in [5.74, 6) is 0.597. The van der Waals surface area contributed by atoms with Crippen LogP contribution in [0.3, 0.4) is 0 Å². The molecule has 1 N–H and O–H groups in total. The molecular weight excluding hydrogens is 318 g/mol. The average molecular weight is 329 g/mol. The maximum Gasteiger partial charge on any atom is 0.137 e. The standard InChI is InChI=1S/C13H11BrClNO2/c1-18-10-4-8(6-16-7-10)13(17)11-3-2-9(14)5-12(11)15/h2-7,13,17H,1H3. The third-order valence-electron chi connectivity index (χ3n) is 2.54. The third kappa shape index (κ3) is 2.83. The number of halogens is 2. The Morgan fingerprint density at radius 2 is 2.11 bits per heavy atom. The van der Waals surface area contributed by atoms with Crippen molar-refractivity contribution in [3.8, 4) is 5.75 Å². The van der Waals surface area contributed by atoms with E-state index in [1.807, 2.05) is 6.07 Å². The van der Waals surface area contributed by atoms with Gasteiger partial charge in [-0.15, -0.1) is 0 Å². The predicted molar refractivity (Wildman–Crippen MR) is 74.0 cm³/mol. The van der Waals surface area contributed by atoms with E-state index in [2.05, 4.69) is 20.9 Å². The SMILES string of the molecule is COc1cncc(C(O)c2ccc(Br)cc2Cl)c1. The second-order valence-corrected chi connectivity index (χ2v) is 5.05. The van der Waals surface area contributed by atoms with E-state index < -0.39 is 6.10 Å². The van der Waals surface area contributed by atoms with E-state index in [-0.39, 0.29) is 0 Å². The highest BCUT2D eigenvalue weighted by Crippen LogP contribution is 2.31. The Morgan fingerprint density at radius 1 is 1.33 bits per heavy atom. The summed E-state index contributed by atoms with van der Waals surface area (Å²) in [5.41, 5.74) is 1.27.